The number of fused-ring (bicyclic) bond motifs is 1. The summed E-state index contributed by atoms with van der Waals surface area (Å²) in [6.45, 7) is 3.57. The predicted octanol–water partition coefficient (Wildman–Crippen LogP) is 4.92. The largest absolute Gasteiger partial charge is 0.492 e. The molecule has 0 bridgehead atoms. The molecule has 3 rings (SSSR count). The summed E-state index contributed by atoms with van der Waals surface area (Å²) in [5, 5.41) is 4.80. The summed E-state index contributed by atoms with van der Waals surface area (Å²) in [5.74, 6) is 0.758. The highest BCUT2D eigenvalue weighted by molar-refractivity contribution is 6.35. The minimum absolute atomic E-state index is 0.214. The second-order valence-electron chi connectivity index (χ2n) is 5.36. The number of ether oxygens (including phenoxy) is 1. The van der Waals surface area contributed by atoms with Gasteiger partial charge in [0.15, 0.2) is 0 Å². The number of benzene rings is 2. The van der Waals surface area contributed by atoms with Crippen LogP contribution in [0, 0.1) is 6.92 Å². The zero-order chi connectivity index (χ0) is 14.8. The lowest BCUT2D eigenvalue weighted by Gasteiger charge is -2.28. The molecule has 0 saturated carbocycles. The first-order valence-electron chi connectivity index (χ1n) is 7.04. The van der Waals surface area contributed by atoms with Crippen LogP contribution in [0.4, 0.5) is 0 Å². The van der Waals surface area contributed by atoms with Crippen LogP contribution in [0.5, 0.6) is 5.75 Å². The van der Waals surface area contributed by atoms with Crippen molar-refractivity contribution in [3.8, 4) is 5.75 Å². The van der Waals surface area contributed by atoms with Crippen LogP contribution >= 0.6 is 23.2 Å². The first kappa shape index (κ1) is 14.7. The van der Waals surface area contributed by atoms with E-state index in [1.165, 1.54) is 11.1 Å². The second-order valence-corrected chi connectivity index (χ2v) is 6.21. The molecular formula is C17H17Cl2NO. The molecule has 0 amide bonds. The van der Waals surface area contributed by atoms with Gasteiger partial charge in [0.1, 0.15) is 5.75 Å². The molecule has 0 spiro atoms. The Morgan fingerprint density at radius 1 is 1.19 bits per heavy atom. The minimum atomic E-state index is 0.214. The number of halogens is 2. The highest BCUT2D eigenvalue weighted by Crippen LogP contribution is 2.39. The number of hydrogen-bond donors (Lipinski definition) is 1. The van der Waals surface area contributed by atoms with Gasteiger partial charge in [-0.05, 0) is 24.6 Å². The third-order valence-electron chi connectivity index (χ3n) is 3.74. The van der Waals surface area contributed by atoms with Gasteiger partial charge in [0.2, 0.25) is 0 Å². The maximum absolute atomic E-state index is 6.21. The fourth-order valence-electron chi connectivity index (χ4n) is 2.58. The van der Waals surface area contributed by atoms with E-state index in [2.05, 4.69) is 36.5 Å². The predicted molar refractivity (Wildman–Crippen MR) is 87.3 cm³/mol. The lowest BCUT2D eigenvalue weighted by molar-refractivity contribution is 0.252. The molecule has 1 heterocycles. The van der Waals surface area contributed by atoms with Gasteiger partial charge in [-0.15, -0.1) is 0 Å². The summed E-state index contributed by atoms with van der Waals surface area (Å²) in [6, 6.07) is 12.4. The molecular weight excluding hydrogens is 305 g/mol. The van der Waals surface area contributed by atoms with Gasteiger partial charge in [-0.25, -0.2) is 0 Å². The highest BCUT2D eigenvalue weighted by atomic mass is 35.5. The molecule has 0 radical (unpaired) electrons. The van der Waals surface area contributed by atoms with Crippen molar-refractivity contribution in [1.82, 2.24) is 5.32 Å². The second kappa shape index (κ2) is 6.27. The molecule has 2 aromatic carbocycles. The summed E-state index contributed by atoms with van der Waals surface area (Å²) < 4.78 is 5.68. The van der Waals surface area contributed by atoms with Gasteiger partial charge in [-0.1, -0.05) is 53.0 Å². The van der Waals surface area contributed by atoms with Crippen molar-refractivity contribution < 1.29 is 4.74 Å². The van der Waals surface area contributed by atoms with Crippen molar-refractivity contribution in [2.75, 3.05) is 6.61 Å². The van der Waals surface area contributed by atoms with Crippen LogP contribution < -0.4 is 10.1 Å². The summed E-state index contributed by atoms with van der Waals surface area (Å²) in [6.07, 6.45) is 0.912. The summed E-state index contributed by atoms with van der Waals surface area (Å²) in [5.41, 5.74) is 3.58. The fourth-order valence-corrected chi connectivity index (χ4v) is 3.15. The van der Waals surface area contributed by atoms with Crippen LogP contribution in [0.3, 0.4) is 0 Å². The zero-order valence-electron chi connectivity index (χ0n) is 11.8. The van der Waals surface area contributed by atoms with E-state index in [1.807, 2.05) is 6.07 Å². The molecule has 110 valence electrons. The monoisotopic (exact) mass is 321 g/mol. The van der Waals surface area contributed by atoms with E-state index in [1.54, 1.807) is 6.07 Å². The first-order chi connectivity index (χ1) is 10.1. The SMILES string of the molecule is Cc1ccc(CNC2CCOc3c(Cl)cc(Cl)cc32)cc1. The van der Waals surface area contributed by atoms with Crippen molar-refractivity contribution in [2.24, 2.45) is 0 Å². The maximum Gasteiger partial charge on any atom is 0.142 e. The maximum atomic E-state index is 6.21. The Hall–Kier alpha value is -1.22. The van der Waals surface area contributed by atoms with Crippen molar-refractivity contribution in [3.63, 3.8) is 0 Å². The molecule has 0 aromatic heterocycles. The van der Waals surface area contributed by atoms with Gasteiger partial charge in [0.05, 0.1) is 11.6 Å². The first-order valence-corrected chi connectivity index (χ1v) is 7.80. The molecule has 0 fully saturated rings. The molecule has 1 N–H and O–H groups in total. The van der Waals surface area contributed by atoms with Gasteiger partial charge in [-0.2, -0.15) is 0 Å². The zero-order valence-corrected chi connectivity index (χ0v) is 13.3. The summed E-state index contributed by atoms with van der Waals surface area (Å²) in [4.78, 5) is 0. The van der Waals surface area contributed by atoms with E-state index in [-0.39, 0.29) is 6.04 Å². The van der Waals surface area contributed by atoms with Gasteiger partial charge >= 0.3 is 0 Å². The van der Waals surface area contributed by atoms with Crippen LogP contribution in [0.1, 0.15) is 29.2 Å². The molecule has 1 aliphatic rings. The molecule has 2 nitrogen and oxygen atoms in total. The molecule has 2 aromatic rings. The Kier molecular flexibility index (Phi) is 4.39. The van der Waals surface area contributed by atoms with Crippen LogP contribution in [-0.2, 0) is 6.54 Å². The molecule has 1 aliphatic heterocycles. The molecule has 21 heavy (non-hydrogen) atoms. The van der Waals surface area contributed by atoms with Gasteiger partial charge in [0, 0.05) is 29.6 Å². The van der Waals surface area contributed by atoms with E-state index in [9.17, 15) is 0 Å². The molecule has 1 atom stereocenters. The topological polar surface area (TPSA) is 21.3 Å². The number of hydrogen-bond acceptors (Lipinski definition) is 2. The number of rotatable bonds is 3. The lowest BCUT2D eigenvalue weighted by atomic mass is 10.00. The molecule has 1 unspecified atom stereocenters. The Morgan fingerprint density at radius 2 is 1.95 bits per heavy atom. The minimum Gasteiger partial charge on any atom is -0.492 e. The highest BCUT2D eigenvalue weighted by Gasteiger charge is 2.23. The number of nitrogens with one attached hydrogen (secondary N) is 1. The third kappa shape index (κ3) is 3.34. The smallest absolute Gasteiger partial charge is 0.142 e. The van der Waals surface area contributed by atoms with E-state index in [0.717, 1.165) is 24.3 Å². The van der Waals surface area contributed by atoms with Gasteiger partial charge < -0.3 is 10.1 Å². The van der Waals surface area contributed by atoms with Crippen LogP contribution in [0.2, 0.25) is 10.0 Å². The Balaban J connectivity index is 1.77. The summed E-state index contributed by atoms with van der Waals surface area (Å²) >= 11 is 12.3. The molecule has 4 heteroatoms. The van der Waals surface area contributed by atoms with E-state index in [4.69, 9.17) is 27.9 Å². The third-order valence-corrected chi connectivity index (χ3v) is 4.24. The van der Waals surface area contributed by atoms with Crippen molar-refractivity contribution in [1.29, 1.82) is 0 Å². The average Bonchev–Trinajstić information content (AvgIpc) is 2.47. The fraction of sp³-hybridized carbons (Fsp3) is 0.294. The van der Waals surface area contributed by atoms with Crippen molar-refractivity contribution in [2.45, 2.75) is 25.9 Å². The van der Waals surface area contributed by atoms with Crippen LogP contribution in [-0.4, -0.2) is 6.61 Å². The van der Waals surface area contributed by atoms with E-state index in [0.29, 0.717) is 16.7 Å². The Bertz CT molecular complexity index is 640. The van der Waals surface area contributed by atoms with Gasteiger partial charge in [-0.3, -0.25) is 0 Å². The molecule has 0 saturated heterocycles. The molecule has 0 aliphatic carbocycles. The van der Waals surface area contributed by atoms with E-state index < -0.39 is 0 Å². The van der Waals surface area contributed by atoms with Gasteiger partial charge in [0.25, 0.3) is 0 Å². The quantitative estimate of drug-likeness (QED) is 0.866. The van der Waals surface area contributed by atoms with Crippen LogP contribution in [0.15, 0.2) is 36.4 Å². The van der Waals surface area contributed by atoms with E-state index >= 15 is 0 Å². The van der Waals surface area contributed by atoms with Crippen molar-refractivity contribution >= 4 is 23.2 Å². The van der Waals surface area contributed by atoms with Crippen LogP contribution in [0.25, 0.3) is 0 Å². The number of aryl methyl sites for hydroxylation is 1. The summed E-state index contributed by atoms with van der Waals surface area (Å²) in [7, 11) is 0. The Morgan fingerprint density at radius 3 is 2.71 bits per heavy atom. The lowest BCUT2D eigenvalue weighted by Crippen LogP contribution is -2.27. The normalized spacial score (nSPS) is 17.2. The van der Waals surface area contributed by atoms with Crippen molar-refractivity contribution in [3.05, 3.63) is 63.1 Å². The average molecular weight is 322 g/mol. The Labute approximate surface area is 135 Å². The standard InChI is InChI=1S/C17H17Cl2NO/c1-11-2-4-12(5-3-11)10-20-16-6-7-21-17-14(16)8-13(18)9-15(17)19/h2-5,8-9,16,20H,6-7,10H2,1H3.